The molecule has 0 bridgehead atoms. The molecular formula is C32H39F3O. The lowest BCUT2D eigenvalue weighted by Crippen LogP contribution is -2.15. The normalized spacial score (nSPS) is 22.2. The van der Waals surface area contributed by atoms with Crippen LogP contribution < -0.4 is 4.74 Å². The molecule has 4 rings (SSSR count). The molecule has 0 spiro atoms. The number of aryl methyl sites for hydroxylation is 1. The van der Waals surface area contributed by atoms with E-state index < -0.39 is 11.6 Å². The van der Waals surface area contributed by atoms with Crippen LogP contribution in [0.4, 0.5) is 13.2 Å². The number of hydrogen-bond acceptors (Lipinski definition) is 1. The van der Waals surface area contributed by atoms with Gasteiger partial charge in [-0.05, 0) is 111 Å². The molecule has 1 fully saturated rings. The number of halogens is 3. The lowest BCUT2D eigenvalue weighted by Gasteiger charge is -2.29. The van der Waals surface area contributed by atoms with E-state index in [1.165, 1.54) is 6.07 Å². The molecule has 1 atom stereocenters. The fourth-order valence-corrected chi connectivity index (χ4v) is 5.71. The highest BCUT2D eigenvalue weighted by molar-refractivity contribution is 5.67. The van der Waals surface area contributed by atoms with E-state index in [2.05, 4.69) is 19.6 Å². The summed E-state index contributed by atoms with van der Waals surface area (Å²) >= 11 is 0. The molecule has 4 heteroatoms. The summed E-state index contributed by atoms with van der Waals surface area (Å²) in [6.45, 7) is 6.44. The molecule has 0 aliphatic heterocycles. The van der Waals surface area contributed by atoms with Crippen LogP contribution in [0, 0.1) is 29.3 Å². The van der Waals surface area contributed by atoms with Crippen molar-refractivity contribution in [2.24, 2.45) is 11.8 Å². The van der Waals surface area contributed by atoms with E-state index in [1.54, 1.807) is 12.1 Å². The second kappa shape index (κ2) is 12.7. The molecule has 0 saturated heterocycles. The lowest BCUT2D eigenvalue weighted by atomic mass is 9.76. The molecule has 1 saturated carbocycles. The van der Waals surface area contributed by atoms with Crippen LogP contribution in [-0.2, 0) is 6.42 Å². The van der Waals surface area contributed by atoms with Gasteiger partial charge in [-0.1, -0.05) is 37.3 Å². The van der Waals surface area contributed by atoms with Crippen molar-refractivity contribution in [3.8, 4) is 5.75 Å². The molecule has 2 aliphatic carbocycles. The number of benzene rings is 2. The van der Waals surface area contributed by atoms with Crippen molar-refractivity contribution < 1.29 is 17.9 Å². The van der Waals surface area contributed by atoms with Crippen molar-refractivity contribution in [3.63, 3.8) is 0 Å². The van der Waals surface area contributed by atoms with E-state index in [9.17, 15) is 13.2 Å². The number of ether oxygens (including phenoxy) is 1. The smallest absolute Gasteiger partial charge is 0.166 e. The van der Waals surface area contributed by atoms with Gasteiger partial charge in [0.25, 0.3) is 0 Å². The summed E-state index contributed by atoms with van der Waals surface area (Å²) in [6, 6.07) is 8.77. The largest absolute Gasteiger partial charge is 0.493 e. The van der Waals surface area contributed by atoms with Crippen LogP contribution in [0.3, 0.4) is 0 Å². The second-order valence-electron chi connectivity index (χ2n) is 10.7. The highest BCUT2D eigenvalue weighted by Gasteiger charge is 2.25. The lowest BCUT2D eigenvalue weighted by molar-refractivity contribution is 0.301. The molecule has 2 aromatic carbocycles. The van der Waals surface area contributed by atoms with Crippen LogP contribution in [0.2, 0.25) is 0 Å². The Hall–Kier alpha value is -2.49. The van der Waals surface area contributed by atoms with Gasteiger partial charge in [0.05, 0.1) is 6.61 Å². The third-order valence-corrected chi connectivity index (χ3v) is 8.08. The van der Waals surface area contributed by atoms with Gasteiger partial charge < -0.3 is 4.74 Å². The summed E-state index contributed by atoms with van der Waals surface area (Å²) in [7, 11) is 0. The predicted octanol–water partition coefficient (Wildman–Crippen LogP) is 9.56. The Morgan fingerprint density at radius 2 is 1.81 bits per heavy atom. The molecule has 0 N–H and O–H groups in total. The van der Waals surface area contributed by atoms with E-state index in [0.717, 1.165) is 75.3 Å². The average molecular weight is 497 g/mol. The monoisotopic (exact) mass is 496 g/mol. The minimum Gasteiger partial charge on any atom is -0.493 e. The third-order valence-electron chi connectivity index (χ3n) is 8.08. The standard InChI is InChI=1S/C32H39F3O/c1-3-4-5-20-36-27-17-19-28(30(33)21-27)24-13-8-23(9-14-24)10-15-26-16-18-29(32(35)31(26)34)25-11-6-22(2)7-12-25/h3,11,16-19,21-24H,1,4-10,12-15,20H2,2H3. The average Bonchev–Trinajstić information content (AvgIpc) is 2.89. The van der Waals surface area contributed by atoms with E-state index in [-0.39, 0.29) is 11.7 Å². The predicted molar refractivity (Wildman–Crippen MR) is 142 cm³/mol. The van der Waals surface area contributed by atoms with Gasteiger partial charge in [0.2, 0.25) is 0 Å². The summed E-state index contributed by atoms with van der Waals surface area (Å²) in [5.41, 5.74) is 2.60. The van der Waals surface area contributed by atoms with Crippen LogP contribution in [-0.4, -0.2) is 6.61 Å². The zero-order valence-electron chi connectivity index (χ0n) is 21.5. The number of hydrogen-bond donors (Lipinski definition) is 0. The molecule has 1 unspecified atom stereocenters. The Balaban J connectivity index is 1.28. The minimum absolute atomic E-state index is 0.195. The SMILES string of the molecule is C=CCCCOc1ccc(C2CCC(CCc3ccc(C4=CCC(C)CC4)c(F)c3F)CC2)c(F)c1. The molecule has 0 radical (unpaired) electrons. The quantitative estimate of drug-likeness (QED) is 0.235. The first-order valence-electron chi connectivity index (χ1n) is 13.7. The highest BCUT2D eigenvalue weighted by atomic mass is 19.2. The van der Waals surface area contributed by atoms with Crippen molar-refractivity contribution in [2.75, 3.05) is 6.61 Å². The van der Waals surface area contributed by atoms with Gasteiger partial charge in [-0.3, -0.25) is 0 Å². The first-order valence-corrected chi connectivity index (χ1v) is 13.7. The molecule has 0 amide bonds. The summed E-state index contributed by atoms with van der Waals surface area (Å²) in [5, 5.41) is 0. The number of unbranched alkanes of at least 4 members (excludes halogenated alkanes) is 1. The molecular weight excluding hydrogens is 457 g/mol. The molecule has 0 heterocycles. The maximum atomic E-state index is 14.9. The van der Waals surface area contributed by atoms with Crippen LogP contribution in [0.15, 0.2) is 49.1 Å². The molecule has 2 aliphatic rings. The summed E-state index contributed by atoms with van der Waals surface area (Å²) in [6.07, 6.45) is 13.6. The Kier molecular flexibility index (Phi) is 9.34. The van der Waals surface area contributed by atoms with Crippen LogP contribution >= 0.6 is 0 Å². The van der Waals surface area contributed by atoms with Crippen LogP contribution in [0.25, 0.3) is 5.57 Å². The van der Waals surface area contributed by atoms with Crippen molar-refractivity contribution >= 4 is 5.57 Å². The first kappa shape index (κ1) is 26.6. The van der Waals surface area contributed by atoms with Crippen molar-refractivity contribution in [1.82, 2.24) is 0 Å². The van der Waals surface area contributed by atoms with Crippen LogP contribution in [0.5, 0.6) is 5.75 Å². The highest BCUT2D eigenvalue weighted by Crippen LogP contribution is 2.39. The van der Waals surface area contributed by atoms with Gasteiger partial charge in [-0.25, -0.2) is 13.2 Å². The summed E-state index contributed by atoms with van der Waals surface area (Å²) in [5.74, 6) is 0.273. The van der Waals surface area contributed by atoms with Gasteiger partial charge in [0, 0.05) is 11.6 Å². The fraction of sp³-hybridized carbons (Fsp3) is 0.500. The molecule has 36 heavy (non-hydrogen) atoms. The molecule has 194 valence electrons. The van der Waals surface area contributed by atoms with Gasteiger partial charge >= 0.3 is 0 Å². The van der Waals surface area contributed by atoms with Gasteiger partial charge in [0.1, 0.15) is 11.6 Å². The van der Waals surface area contributed by atoms with E-state index in [4.69, 9.17) is 4.74 Å². The zero-order chi connectivity index (χ0) is 25.5. The van der Waals surface area contributed by atoms with Gasteiger partial charge in [-0.15, -0.1) is 6.58 Å². The number of allylic oxidation sites excluding steroid dienone is 3. The molecule has 2 aromatic rings. The topological polar surface area (TPSA) is 9.23 Å². The maximum Gasteiger partial charge on any atom is 0.166 e. The summed E-state index contributed by atoms with van der Waals surface area (Å²) in [4.78, 5) is 0. The van der Waals surface area contributed by atoms with E-state index in [1.807, 2.05) is 18.2 Å². The fourth-order valence-electron chi connectivity index (χ4n) is 5.71. The molecule has 1 nitrogen and oxygen atoms in total. The Labute approximate surface area is 214 Å². The summed E-state index contributed by atoms with van der Waals surface area (Å²) < 4.78 is 50.1. The van der Waals surface area contributed by atoms with Gasteiger partial charge in [0.15, 0.2) is 11.6 Å². The van der Waals surface area contributed by atoms with Crippen molar-refractivity contribution in [2.45, 2.75) is 83.5 Å². The number of rotatable bonds is 10. The zero-order valence-corrected chi connectivity index (χ0v) is 21.5. The Bertz CT molecular complexity index is 1070. The van der Waals surface area contributed by atoms with Crippen molar-refractivity contribution in [3.05, 3.63) is 83.2 Å². The second-order valence-corrected chi connectivity index (χ2v) is 10.7. The van der Waals surface area contributed by atoms with E-state index in [0.29, 0.717) is 41.7 Å². The minimum atomic E-state index is -0.694. The first-order chi connectivity index (χ1) is 17.5. The maximum absolute atomic E-state index is 14.9. The third kappa shape index (κ3) is 6.63. The van der Waals surface area contributed by atoms with Crippen molar-refractivity contribution in [1.29, 1.82) is 0 Å². The Morgan fingerprint density at radius 3 is 2.50 bits per heavy atom. The Morgan fingerprint density at radius 1 is 1.00 bits per heavy atom. The van der Waals surface area contributed by atoms with Gasteiger partial charge in [-0.2, -0.15) is 0 Å². The van der Waals surface area contributed by atoms with Crippen LogP contribution in [0.1, 0.15) is 93.7 Å². The van der Waals surface area contributed by atoms with E-state index >= 15 is 0 Å². The molecule has 0 aromatic heterocycles.